The van der Waals surface area contributed by atoms with Gasteiger partial charge in [-0.2, -0.15) is 0 Å². The molecule has 19 heavy (non-hydrogen) atoms. The molecule has 116 valence electrons. The number of hydrogen-bond acceptors (Lipinski definition) is 2. The second-order valence-corrected chi connectivity index (χ2v) is 13.5. The first-order chi connectivity index (χ1) is 8.18. The van der Waals surface area contributed by atoms with Crippen LogP contribution >= 0.6 is 0 Å². The molecule has 2 atom stereocenters. The zero-order chi connectivity index (χ0) is 15.6. The Bertz CT molecular complexity index is 271. The molecule has 0 aromatic heterocycles. The van der Waals surface area contributed by atoms with E-state index in [0.29, 0.717) is 0 Å². The Labute approximate surface area is 122 Å². The van der Waals surface area contributed by atoms with Crippen molar-refractivity contribution in [2.24, 2.45) is 11.3 Å². The lowest BCUT2D eigenvalue weighted by atomic mass is 9.84. The van der Waals surface area contributed by atoms with Crippen LogP contribution in [0.3, 0.4) is 0 Å². The van der Waals surface area contributed by atoms with Crippen molar-refractivity contribution in [1.29, 1.82) is 0 Å². The first kappa shape index (κ1) is 19.1. The van der Waals surface area contributed by atoms with Crippen molar-refractivity contribution >= 4 is 8.32 Å². The van der Waals surface area contributed by atoms with Crippen LogP contribution in [-0.4, -0.2) is 25.6 Å². The summed E-state index contributed by atoms with van der Waals surface area (Å²) in [6.07, 6.45) is 0.563. The lowest BCUT2D eigenvalue weighted by Crippen LogP contribution is -2.48. The standard InChI is InChI=1S/C16H36O2Si/c1-12(2)13(17)11-14(15(3,4)5)18-19(9,10)16(6,7)8/h12-14,17H,11H2,1-10H3/t13-,14-/m1/s1. The van der Waals surface area contributed by atoms with E-state index in [2.05, 4.69) is 68.5 Å². The molecule has 0 fully saturated rings. The summed E-state index contributed by atoms with van der Waals surface area (Å²) in [5.74, 6) is 0.285. The van der Waals surface area contributed by atoms with E-state index < -0.39 is 8.32 Å². The normalized spacial score (nSPS) is 17.7. The van der Waals surface area contributed by atoms with E-state index >= 15 is 0 Å². The Morgan fingerprint density at radius 3 is 1.68 bits per heavy atom. The minimum atomic E-state index is -1.79. The van der Waals surface area contributed by atoms with Crippen LogP contribution in [0.5, 0.6) is 0 Å². The molecule has 0 unspecified atom stereocenters. The van der Waals surface area contributed by atoms with Crippen LogP contribution in [0.1, 0.15) is 61.8 Å². The Morgan fingerprint density at radius 1 is 1.00 bits per heavy atom. The van der Waals surface area contributed by atoms with Crippen molar-refractivity contribution < 1.29 is 9.53 Å². The fraction of sp³-hybridized carbons (Fsp3) is 1.00. The van der Waals surface area contributed by atoms with Crippen LogP contribution < -0.4 is 0 Å². The van der Waals surface area contributed by atoms with Crippen LogP contribution in [0.25, 0.3) is 0 Å². The molecule has 0 aromatic carbocycles. The van der Waals surface area contributed by atoms with Crippen molar-refractivity contribution in [2.75, 3.05) is 0 Å². The summed E-state index contributed by atoms with van der Waals surface area (Å²) >= 11 is 0. The second kappa shape index (κ2) is 6.27. The summed E-state index contributed by atoms with van der Waals surface area (Å²) in [7, 11) is -1.79. The Hall–Kier alpha value is 0.137. The minimum Gasteiger partial charge on any atom is -0.413 e. The highest BCUT2D eigenvalue weighted by atomic mass is 28.4. The molecular weight excluding hydrogens is 252 g/mol. The van der Waals surface area contributed by atoms with E-state index in [1.54, 1.807) is 0 Å². The van der Waals surface area contributed by atoms with Gasteiger partial charge in [-0.25, -0.2) is 0 Å². The molecule has 2 nitrogen and oxygen atoms in total. The molecule has 3 heteroatoms. The van der Waals surface area contributed by atoms with Crippen LogP contribution in [0.2, 0.25) is 18.1 Å². The highest BCUT2D eigenvalue weighted by Crippen LogP contribution is 2.40. The van der Waals surface area contributed by atoms with Gasteiger partial charge in [0.15, 0.2) is 8.32 Å². The monoisotopic (exact) mass is 288 g/mol. The van der Waals surface area contributed by atoms with E-state index in [0.717, 1.165) is 6.42 Å². The fourth-order valence-corrected chi connectivity index (χ4v) is 3.12. The Kier molecular flexibility index (Phi) is 6.32. The molecule has 0 spiro atoms. The summed E-state index contributed by atoms with van der Waals surface area (Å²) in [6.45, 7) is 22.1. The highest BCUT2D eigenvalue weighted by molar-refractivity contribution is 6.74. The number of aliphatic hydroxyl groups is 1. The van der Waals surface area contributed by atoms with Crippen molar-refractivity contribution in [1.82, 2.24) is 0 Å². The third kappa shape index (κ3) is 5.97. The van der Waals surface area contributed by atoms with Gasteiger partial charge in [-0.3, -0.25) is 0 Å². The van der Waals surface area contributed by atoms with Gasteiger partial charge < -0.3 is 9.53 Å². The van der Waals surface area contributed by atoms with Crippen LogP contribution in [-0.2, 0) is 4.43 Å². The maximum Gasteiger partial charge on any atom is 0.192 e. The molecule has 0 saturated heterocycles. The molecule has 1 N–H and O–H groups in total. The Morgan fingerprint density at radius 2 is 1.42 bits per heavy atom. The predicted molar refractivity (Wildman–Crippen MR) is 87.0 cm³/mol. The van der Waals surface area contributed by atoms with Gasteiger partial charge in [-0.1, -0.05) is 55.4 Å². The molecule has 0 saturated carbocycles. The molecule has 0 aliphatic rings. The van der Waals surface area contributed by atoms with Crippen molar-refractivity contribution in [3.63, 3.8) is 0 Å². The fourth-order valence-electron chi connectivity index (χ4n) is 1.60. The van der Waals surface area contributed by atoms with Gasteiger partial charge in [0.05, 0.1) is 12.2 Å². The summed E-state index contributed by atoms with van der Waals surface area (Å²) in [6, 6.07) is 0. The summed E-state index contributed by atoms with van der Waals surface area (Å²) < 4.78 is 6.57. The topological polar surface area (TPSA) is 29.5 Å². The maximum atomic E-state index is 10.2. The largest absolute Gasteiger partial charge is 0.413 e. The third-order valence-electron chi connectivity index (χ3n) is 4.43. The number of aliphatic hydroxyl groups excluding tert-OH is 1. The van der Waals surface area contributed by atoms with Crippen LogP contribution in [0, 0.1) is 11.3 Å². The highest BCUT2D eigenvalue weighted by Gasteiger charge is 2.42. The summed E-state index contributed by atoms with van der Waals surface area (Å²) in [5.41, 5.74) is 0.0609. The lowest BCUT2D eigenvalue weighted by Gasteiger charge is -2.44. The van der Waals surface area contributed by atoms with E-state index in [1.807, 2.05) is 0 Å². The quantitative estimate of drug-likeness (QED) is 0.734. The van der Waals surface area contributed by atoms with Gasteiger partial charge in [-0.15, -0.1) is 0 Å². The van der Waals surface area contributed by atoms with Gasteiger partial charge in [0, 0.05) is 0 Å². The second-order valence-electron chi connectivity index (χ2n) is 8.78. The maximum absolute atomic E-state index is 10.2. The smallest absolute Gasteiger partial charge is 0.192 e. The average molecular weight is 289 g/mol. The van der Waals surface area contributed by atoms with Gasteiger partial charge in [-0.05, 0) is 35.9 Å². The first-order valence-electron chi connectivity index (χ1n) is 7.54. The third-order valence-corrected chi connectivity index (χ3v) is 8.92. The summed E-state index contributed by atoms with van der Waals surface area (Å²) in [4.78, 5) is 0. The van der Waals surface area contributed by atoms with Gasteiger partial charge in [0.25, 0.3) is 0 Å². The Balaban J connectivity index is 5.01. The van der Waals surface area contributed by atoms with Gasteiger partial charge in [0.1, 0.15) is 0 Å². The zero-order valence-electron chi connectivity index (χ0n) is 14.8. The minimum absolute atomic E-state index is 0.0609. The van der Waals surface area contributed by atoms with Crippen molar-refractivity contribution in [2.45, 2.75) is 92.2 Å². The molecule has 0 radical (unpaired) electrons. The van der Waals surface area contributed by atoms with Crippen LogP contribution in [0.15, 0.2) is 0 Å². The lowest BCUT2D eigenvalue weighted by molar-refractivity contribution is 0.00711. The molecule has 0 amide bonds. The average Bonchev–Trinajstić information content (AvgIpc) is 2.12. The molecule has 0 heterocycles. The predicted octanol–water partition coefficient (Wildman–Crippen LogP) is 4.83. The molecule has 0 rings (SSSR count). The van der Waals surface area contributed by atoms with Gasteiger partial charge >= 0.3 is 0 Å². The molecule has 0 aromatic rings. The molecule has 0 aliphatic heterocycles. The van der Waals surface area contributed by atoms with Gasteiger partial charge in [0.2, 0.25) is 0 Å². The van der Waals surface area contributed by atoms with E-state index in [1.165, 1.54) is 0 Å². The molecule has 0 bridgehead atoms. The SMILES string of the molecule is CC(C)[C@H](O)C[C@@H](O[Si](C)(C)C(C)(C)C)C(C)(C)C. The zero-order valence-corrected chi connectivity index (χ0v) is 15.8. The van der Waals surface area contributed by atoms with E-state index in [4.69, 9.17) is 4.43 Å². The van der Waals surface area contributed by atoms with E-state index in [9.17, 15) is 5.11 Å². The molecular formula is C16H36O2Si. The van der Waals surface area contributed by atoms with Crippen LogP contribution in [0.4, 0.5) is 0 Å². The van der Waals surface area contributed by atoms with Crippen molar-refractivity contribution in [3.05, 3.63) is 0 Å². The van der Waals surface area contributed by atoms with Crippen molar-refractivity contribution in [3.8, 4) is 0 Å². The number of hydrogen-bond donors (Lipinski definition) is 1. The first-order valence-corrected chi connectivity index (χ1v) is 10.4. The van der Waals surface area contributed by atoms with E-state index in [-0.39, 0.29) is 28.6 Å². The molecule has 0 aliphatic carbocycles. The summed E-state index contributed by atoms with van der Waals surface area (Å²) in [5, 5.41) is 10.4. The number of rotatable bonds is 5.